The van der Waals surface area contributed by atoms with E-state index in [0.29, 0.717) is 12.8 Å². The second-order valence-electron chi connectivity index (χ2n) is 6.30. The first-order valence-electron chi connectivity index (χ1n) is 7.82. The number of carboxylic acids is 1. The number of nitrogens with zero attached hydrogens (tertiary/aromatic N) is 1. The van der Waals surface area contributed by atoms with Crippen molar-refractivity contribution >= 4 is 11.9 Å². The fourth-order valence-corrected chi connectivity index (χ4v) is 3.13. The van der Waals surface area contributed by atoms with Crippen molar-refractivity contribution in [3.63, 3.8) is 0 Å². The second kappa shape index (κ2) is 7.23. The minimum atomic E-state index is -4.25. The minimum Gasteiger partial charge on any atom is -0.478 e. The van der Waals surface area contributed by atoms with E-state index in [9.17, 15) is 22.8 Å². The Morgan fingerprint density at radius 3 is 2.38 bits per heavy atom. The van der Waals surface area contributed by atoms with E-state index < -0.39 is 24.0 Å². The Bertz CT molecular complexity index is 598. The lowest BCUT2D eigenvalue weighted by Crippen LogP contribution is -2.38. The molecule has 1 aromatic rings. The molecule has 0 spiro atoms. The van der Waals surface area contributed by atoms with Gasteiger partial charge in [-0.25, -0.2) is 4.79 Å². The molecule has 1 N–H and O–H groups in total. The normalized spacial score (nSPS) is 21.3. The molecule has 1 aliphatic carbocycles. The Kier molecular flexibility index (Phi) is 5.51. The number of carbonyl (C=O) groups excluding carboxylic acids is 1. The highest BCUT2D eigenvalue weighted by molar-refractivity contribution is 5.87. The standard InChI is InChI=1S/C17H20F3NO3/c1-21(10-11-5-7-12(8-6-11)16(23)24)15(22)13-3-2-4-14(9-13)17(18,19)20/h5-8,13-14H,2-4,9-10H2,1H3,(H,23,24). The highest BCUT2D eigenvalue weighted by Crippen LogP contribution is 2.40. The van der Waals surface area contributed by atoms with Gasteiger partial charge in [-0.3, -0.25) is 4.79 Å². The highest BCUT2D eigenvalue weighted by atomic mass is 19.4. The molecule has 0 radical (unpaired) electrons. The number of hydrogen-bond acceptors (Lipinski definition) is 2. The Balaban J connectivity index is 1.97. The summed E-state index contributed by atoms with van der Waals surface area (Å²) >= 11 is 0. The number of halogens is 3. The fraction of sp³-hybridized carbons (Fsp3) is 0.529. The van der Waals surface area contributed by atoms with Crippen molar-refractivity contribution in [1.82, 2.24) is 4.90 Å². The van der Waals surface area contributed by atoms with Gasteiger partial charge in [0, 0.05) is 19.5 Å². The molecule has 4 nitrogen and oxygen atoms in total. The van der Waals surface area contributed by atoms with Crippen LogP contribution in [0.4, 0.5) is 13.2 Å². The first-order chi connectivity index (χ1) is 11.2. The molecule has 1 saturated carbocycles. The van der Waals surface area contributed by atoms with Crippen molar-refractivity contribution in [1.29, 1.82) is 0 Å². The summed E-state index contributed by atoms with van der Waals surface area (Å²) in [7, 11) is 1.56. The van der Waals surface area contributed by atoms with E-state index in [1.54, 1.807) is 19.2 Å². The smallest absolute Gasteiger partial charge is 0.391 e. The number of benzene rings is 1. The van der Waals surface area contributed by atoms with Gasteiger partial charge in [0.1, 0.15) is 0 Å². The Labute approximate surface area is 138 Å². The topological polar surface area (TPSA) is 57.6 Å². The van der Waals surface area contributed by atoms with Crippen molar-refractivity contribution in [3.05, 3.63) is 35.4 Å². The minimum absolute atomic E-state index is 0.0909. The zero-order valence-electron chi connectivity index (χ0n) is 13.3. The molecule has 0 saturated heterocycles. The lowest BCUT2D eigenvalue weighted by Gasteiger charge is -2.32. The van der Waals surface area contributed by atoms with Crippen LogP contribution in [0.2, 0.25) is 0 Å². The van der Waals surface area contributed by atoms with Crippen molar-refractivity contribution in [2.45, 2.75) is 38.4 Å². The maximum absolute atomic E-state index is 12.9. The maximum Gasteiger partial charge on any atom is 0.391 e. The van der Waals surface area contributed by atoms with Crippen molar-refractivity contribution in [2.75, 3.05) is 7.05 Å². The van der Waals surface area contributed by atoms with E-state index in [0.717, 1.165) is 5.56 Å². The number of aromatic carboxylic acids is 1. The molecule has 0 bridgehead atoms. The first-order valence-corrected chi connectivity index (χ1v) is 7.82. The van der Waals surface area contributed by atoms with Crippen molar-refractivity contribution < 1.29 is 27.9 Å². The summed E-state index contributed by atoms with van der Waals surface area (Å²) in [4.78, 5) is 24.6. The lowest BCUT2D eigenvalue weighted by atomic mass is 9.80. The lowest BCUT2D eigenvalue weighted by molar-refractivity contribution is -0.187. The zero-order chi connectivity index (χ0) is 17.9. The number of carboxylic acid groups (broad SMARTS) is 1. The van der Waals surface area contributed by atoms with Gasteiger partial charge in [0.25, 0.3) is 0 Å². The molecule has 1 amide bonds. The van der Waals surface area contributed by atoms with Gasteiger partial charge in [0.15, 0.2) is 0 Å². The van der Waals surface area contributed by atoms with Crippen LogP contribution in [-0.4, -0.2) is 35.1 Å². The third kappa shape index (κ3) is 4.49. The molecule has 0 heterocycles. The number of carbonyl (C=O) groups is 2. The highest BCUT2D eigenvalue weighted by Gasteiger charge is 2.43. The summed E-state index contributed by atoms with van der Waals surface area (Å²) in [6.07, 6.45) is -3.42. The van der Waals surface area contributed by atoms with Gasteiger partial charge in [0.2, 0.25) is 5.91 Å². The Morgan fingerprint density at radius 2 is 1.83 bits per heavy atom. The predicted molar refractivity (Wildman–Crippen MR) is 81.4 cm³/mol. The van der Waals surface area contributed by atoms with Gasteiger partial charge in [0.05, 0.1) is 11.5 Å². The van der Waals surface area contributed by atoms with Gasteiger partial charge < -0.3 is 10.0 Å². The zero-order valence-corrected chi connectivity index (χ0v) is 13.3. The summed E-state index contributed by atoms with van der Waals surface area (Å²) < 4.78 is 38.6. The quantitative estimate of drug-likeness (QED) is 0.907. The van der Waals surface area contributed by atoms with E-state index in [2.05, 4.69) is 0 Å². The number of amides is 1. The van der Waals surface area contributed by atoms with Gasteiger partial charge >= 0.3 is 12.1 Å². The first kappa shape index (κ1) is 18.3. The van der Waals surface area contributed by atoms with Crippen LogP contribution in [0.5, 0.6) is 0 Å². The molecule has 2 unspecified atom stereocenters. The summed E-state index contributed by atoms with van der Waals surface area (Å²) in [6.45, 7) is 0.242. The average molecular weight is 343 g/mol. The van der Waals surface area contributed by atoms with Gasteiger partial charge in [-0.2, -0.15) is 13.2 Å². The van der Waals surface area contributed by atoms with Crippen LogP contribution in [-0.2, 0) is 11.3 Å². The SMILES string of the molecule is CN(Cc1ccc(C(=O)O)cc1)C(=O)C1CCCC(C(F)(F)F)C1. The van der Waals surface area contributed by atoms with E-state index in [-0.39, 0.29) is 30.9 Å². The van der Waals surface area contributed by atoms with Crippen LogP contribution < -0.4 is 0 Å². The Morgan fingerprint density at radius 1 is 1.21 bits per heavy atom. The summed E-state index contributed by atoms with van der Waals surface area (Å²) in [5.41, 5.74) is 0.882. The van der Waals surface area contributed by atoms with Crippen LogP contribution >= 0.6 is 0 Å². The molecule has 2 atom stereocenters. The number of hydrogen-bond donors (Lipinski definition) is 1. The van der Waals surface area contributed by atoms with Crippen molar-refractivity contribution in [3.8, 4) is 0 Å². The molecule has 1 aliphatic rings. The number of alkyl halides is 3. The van der Waals surface area contributed by atoms with Gasteiger partial charge in [-0.05, 0) is 37.0 Å². The summed E-state index contributed by atoms with van der Waals surface area (Å²) in [5.74, 6) is -3.32. The third-order valence-electron chi connectivity index (χ3n) is 4.48. The molecule has 1 fully saturated rings. The fourth-order valence-electron chi connectivity index (χ4n) is 3.13. The van der Waals surface area contributed by atoms with Crippen LogP contribution in [0.3, 0.4) is 0 Å². The summed E-state index contributed by atoms with van der Waals surface area (Å²) in [5, 5.41) is 8.85. The van der Waals surface area contributed by atoms with Crippen LogP contribution in [0.25, 0.3) is 0 Å². The van der Waals surface area contributed by atoms with Crippen molar-refractivity contribution in [2.24, 2.45) is 11.8 Å². The molecule has 24 heavy (non-hydrogen) atoms. The van der Waals surface area contributed by atoms with Crippen LogP contribution in [0.15, 0.2) is 24.3 Å². The van der Waals surface area contributed by atoms with E-state index in [1.807, 2.05) is 0 Å². The van der Waals surface area contributed by atoms with E-state index >= 15 is 0 Å². The molecule has 2 rings (SSSR count). The largest absolute Gasteiger partial charge is 0.478 e. The predicted octanol–water partition coefficient (Wildman–Crippen LogP) is 3.71. The molecule has 0 aliphatic heterocycles. The maximum atomic E-state index is 12.9. The second-order valence-corrected chi connectivity index (χ2v) is 6.30. The Hall–Kier alpha value is -2.05. The summed E-state index contributed by atoms with van der Waals surface area (Å²) in [6, 6.07) is 6.09. The van der Waals surface area contributed by atoms with E-state index in [4.69, 9.17) is 5.11 Å². The van der Waals surface area contributed by atoms with Gasteiger partial charge in [-0.1, -0.05) is 18.6 Å². The third-order valence-corrected chi connectivity index (χ3v) is 4.48. The average Bonchev–Trinajstić information content (AvgIpc) is 2.54. The molecule has 7 heteroatoms. The molecule has 132 valence electrons. The van der Waals surface area contributed by atoms with Gasteiger partial charge in [-0.15, -0.1) is 0 Å². The molecular formula is C17H20F3NO3. The monoisotopic (exact) mass is 343 g/mol. The van der Waals surface area contributed by atoms with Crippen LogP contribution in [0.1, 0.15) is 41.6 Å². The molecule has 1 aromatic carbocycles. The number of rotatable bonds is 4. The van der Waals surface area contributed by atoms with E-state index in [1.165, 1.54) is 17.0 Å². The molecular weight excluding hydrogens is 323 g/mol. The molecule has 0 aromatic heterocycles. The van der Waals surface area contributed by atoms with Crippen LogP contribution in [0, 0.1) is 11.8 Å².